The molecule has 0 radical (unpaired) electrons. The van der Waals surface area contributed by atoms with Gasteiger partial charge < -0.3 is 10.1 Å². The first-order valence-corrected chi connectivity index (χ1v) is 8.39. The van der Waals surface area contributed by atoms with Crippen molar-refractivity contribution in [1.29, 1.82) is 0 Å². The van der Waals surface area contributed by atoms with Crippen LogP contribution in [0.15, 0.2) is 28.2 Å². The van der Waals surface area contributed by atoms with Crippen molar-refractivity contribution in [2.75, 3.05) is 0 Å². The maximum atomic E-state index is 12.1. The molecule has 0 aromatic carbocycles. The number of thiophene rings is 1. The topological polar surface area (TPSA) is 94.5 Å². The number of carbonyl (C=O) groups excluding carboxylic acids is 1. The number of carboxylic acids is 1. The fraction of sp³-hybridized carbons (Fsp3) is 0.235. The Bertz CT molecular complexity index is 860. The molecule has 3 rings (SSSR count). The summed E-state index contributed by atoms with van der Waals surface area (Å²) in [6.45, 7) is 3.84. The predicted octanol–water partition coefficient (Wildman–Crippen LogP) is 2.63. The number of rotatable bonds is 5. The van der Waals surface area contributed by atoms with Gasteiger partial charge in [-0.1, -0.05) is 6.07 Å². The van der Waals surface area contributed by atoms with Gasteiger partial charge in [-0.3, -0.25) is 9.59 Å². The smallest absolute Gasteiger partial charge is 0.303 e. The number of carboxylic acid groups (broad SMARTS) is 1. The molecule has 0 bridgehead atoms. The number of hydrogen-bond donors (Lipinski definition) is 3. The molecule has 0 atom stereocenters. The minimum Gasteiger partial charge on any atom is -0.481 e. The average Bonchev–Trinajstić information content (AvgIpc) is 3.21. The van der Waals surface area contributed by atoms with Crippen LogP contribution in [0.3, 0.4) is 0 Å². The fourth-order valence-electron chi connectivity index (χ4n) is 2.78. The summed E-state index contributed by atoms with van der Waals surface area (Å²) >= 11 is 1.52. The molecule has 3 N–H and O–H groups in total. The van der Waals surface area contributed by atoms with E-state index in [-0.39, 0.29) is 12.3 Å². The van der Waals surface area contributed by atoms with Gasteiger partial charge in [-0.15, -0.1) is 11.3 Å². The van der Waals surface area contributed by atoms with E-state index in [9.17, 15) is 9.59 Å². The summed E-state index contributed by atoms with van der Waals surface area (Å²) in [5.41, 5.74) is 7.33. The van der Waals surface area contributed by atoms with Crippen molar-refractivity contribution in [3.63, 3.8) is 0 Å². The van der Waals surface area contributed by atoms with Crippen LogP contribution in [0.2, 0.25) is 0 Å². The Morgan fingerprint density at radius 1 is 1.42 bits per heavy atom. The van der Waals surface area contributed by atoms with Gasteiger partial charge in [-0.2, -0.15) is 5.10 Å². The molecule has 1 aliphatic heterocycles. The number of aromatic nitrogens is 1. The van der Waals surface area contributed by atoms with Crippen LogP contribution in [-0.4, -0.2) is 27.7 Å². The number of H-pyrrole nitrogens is 1. The second kappa shape index (κ2) is 6.45. The molecule has 0 unspecified atom stereocenters. The number of nitrogens with zero attached hydrogens (tertiary/aromatic N) is 1. The summed E-state index contributed by atoms with van der Waals surface area (Å²) in [6, 6.07) is 3.83. The summed E-state index contributed by atoms with van der Waals surface area (Å²) in [5, 5.41) is 14.9. The van der Waals surface area contributed by atoms with Gasteiger partial charge in [-0.05, 0) is 48.9 Å². The zero-order chi connectivity index (χ0) is 17.3. The molecular formula is C17H17N3O3S. The van der Waals surface area contributed by atoms with Crippen molar-refractivity contribution in [2.45, 2.75) is 26.7 Å². The van der Waals surface area contributed by atoms with E-state index in [0.29, 0.717) is 17.7 Å². The molecule has 0 saturated heterocycles. The molecule has 0 saturated carbocycles. The minimum absolute atomic E-state index is 0.0813. The Kier molecular flexibility index (Phi) is 4.35. The lowest BCUT2D eigenvalue weighted by molar-refractivity contribution is -0.137. The first-order chi connectivity index (χ1) is 11.5. The zero-order valence-electron chi connectivity index (χ0n) is 13.3. The van der Waals surface area contributed by atoms with Crippen molar-refractivity contribution in [3.8, 4) is 0 Å². The number of aromatic amines is 1. The number of aryl methyl sites for hydroxylation is 1. The Morgan fingerprint density at radius 2 is 2.21 bits per heavy atom. The average molecular weight is 343 g/mol. The van der Waals surface area contributed by atoms with E-state index in [4.69, 9.17) is 5.11 Å². The summed E-state index contributed by atoms with van der Waals surface area (Å²) < 4.78 is 0. The first kappa shape index (κ1) is 16.2. The number of hydrogen-bond acceptors (Lipinski definition) is 4. The largest absolute Gasteiger partial charge is 0.481 e. The fourth-order valence-corrected chi connectivity index (χ4v) is 3.51. The number of carbonyl (C=O) groups is 2. The van der Waals surface area contributed by atoms with E-state index < -0.39 is 5.97 Å². The lowest BCUT2D eigenvalue weighted by Crippen LogP contribution is -2.13. The van der Waals surface area contributed by atoms with Crippen LogP contribution in [0.4, 0.5) is 0 Å². The highest BCUT2D eigenvalue weighted by molar-refractivity contribution is 7.12. The van der Waals surface area contributed by atoms with Gasteiger partial charge in [0, 0.05) is 17.8 Å². The molecule has 2 aromatic rings. The van der Waals surface area contributed by atoms with Crippen LogP contribution in [0.25, 0.3) is 6.08 Å². The highest BCUT2D eigenvalue weighted by Gasteiger charge is 2.25. The molecule has 0 spiro atoms. The normalized spacial score (nSPS) is 15.7. The molecule has 24 heavy (non-hydrogen) atoms. The number of hydrazone groups is 1. The molecule has 1 aliphatic rings. The van der Waals surface area contributed by atoms with E-state index >= 15 is 0 Å². The molecule has 124 valence electrons. The van der Waals surface area contributed by atoms with Gasteiger partial charge >= 0.3 is 5.97 Å². The summed E-state index contributed by atoms with van der Waals surface area (Å²) in [7, 11) is 0. The third-order valence-corrected chi connectivity index (χ3v) is 4.91. The molecule has 0 aliphatic carbocycles. The van der Waals surface area contributed by atoms with Crippen LogP contribution in [0.1, 0.15) is 33.8 Å². The van der Waals surface area contributed by atoms with Gasteiger partial charge in [-0.25, -0.2) is 5.43 Å². The van der Waals surface area contributed by atoms with Crippen LogP contribution in [0, 0.1) is 13.8 Å². The van der Waals surface area contributed by atoms with Gasteiger partial charge in [0.1, 0.15) is 5.71 Å². The monoisotopic (exact) mass is 343 g/mol. The third kappa shape index (κ3) is 3.03. The SMILES string of the molecule is Cc1[nH]c(/C=C2/C(=O)NN=C2c2cccs2)c(C)c1CCC(=O)O. The lowest BCUT2D eigenvalue weighted by Gasteiger charge is -2.01. The maximum absolute atomic E-state index is 12.1. The predicted molar refractivity (Wildman–Crippen MR) is 93.2 cm³/mol. The first-order valence-electron chi connectivity index (χ1n) is 7.51. The lowest BCUT2D eigenvalue weighted by atomic mass is 10.0. The van der Waals surface area contributed by atoms with E-state index in [1.165, 1.54) is 11.3 Å². The zero-order valence-corrected chi connectivity index (χ0v) is 14.2. The van der Waals surface area contributed by atoms with Gasteiger partial charge in [0.2, 0.25) is 0 Å². The van der Waals surface area contributed by atoms with Crippen molar-refractivity contribution in [1.82, 2.24) is 10.4 Å². The number of nitrogens with one attached hydrogen (secondary N) is 2. The summed E-state index contributed by atoms with van der Waals surface area (Å²) in [4.78, 5) is 27.1. The van der Waals surface area contributed by atoms with Gasteiger partial charge in [0.25, 0.3) is 5.91 Å². The van der Waals surface area contributed by atoms with Crippen molar-refractivity contribution in [2.24, 2.45) is 5.10 Å². The number of aliphatic carboxylic acids is 1. The van der Waals surface area contributed by atoms with E-state index in [2.05, 4.69) is 15.5 Å². The second-order valence-corrected chi connectivity index (χ2v) is 6.55. The second-order valence-electron chi connectivity index (χ2n) is 5.60. The molecule has 7 heteroatoms. The Hall–Kier alpha value is -2.67. The molecule has 2 aromatic heterocycles. The quantitative estimate of drug-likeness (QED) is 0.728. The molecule has 6 nitrogen and oxygen atoms in total. The molecule has 1 amide bonds. The van der Waals surface area contributed by atoms with Crippen molar-refractivity contribution < 1.29 is 14.7 Å². The molecular weight excluding hydrogens is 326 g/mol. The summed E-state index contributed by atoms with van der Waals surface area (Å²) in [5.74, 6) is -1.06. The summed E-state index contributed by atoms with van der Waals surface area (Å²) in [6.07, 6.45) is 2.33. The number of amides is 1. The van der Waals surface area contributed by atoms with Crippen molar-refractivity contribution in [3.05, 3.63) is 50.5 Å². The van der Waals surface area contributed by atoms with Gasteiger partial charge in [0.15, 0.2) is 0 Å². The molecule has 3 heterocycles. The van der Waals surface area contributed by atoms with E-state index in [0.717, 1.165) is 27.4 Å². The van der Waals surface area contributed by atoms with E-state index in [1.807, 2.05) is 31.4 Å². The minimum atomic E-state index is -0.822. The highest BCUT2D eigenvalue weighted by Crippen LogP contribution is 2.25. The standard InChI is InChI=1S/C17H17N3O3S/c1-9-11(5-6-15(21)22)10(2)18-13(9)8-12-16(19-20-17(12)23)14-4-3-7-24-14/h3-4,7-8,18H,5-6H2,1-2H3,(H,20,23)(H,21,22)/b12-8+. The maximum Gasteiger partial charge on any atom is 0.303 e. The Morgan fingerprint density at radius 3 is 2.88 bits per heavy atom. The van der Waals surface area contributed by atoms with Crippen LogP contribution in [0.5, 0.6) is 0 Å². The highest BCUT2D eigenvalue weighted by atomic mass is 32.1. The van der Waals surface area contributed by atoms with Crippen molar-refractivity contribution >= 4 is 35.0 Å². The van der Waals surface area contributed by atoms with E-state index in [1.54, 1.807) is 6.08 Å². The Labute approximate surface area is 142 Å². The third-order valence-electron chi connectivity index (χ3n) is 4.03. The van der Waals surface area contributed by atoms with Crippen LogP contribution in [-0.2, 0) is 16.0 Å². The Balaban J connectivity index is 1.96. The van der Waals surface area contributed by atoms with Gasteiger partial charge in [0.05, 0.1) is 10.5 Å². The van der Waals surface area contributed by atoms with Crippen LogP contribution >= 0.6 is 11.3 Å². The molecule has 0 fully saturated rings. The van der Waals surface area contributed by atoms with Crippen LogP contribution < -0.4 is 5.43 Å².